The Bertz CT molecular complexity index is 335. The van der Waals surface area contributed by atoms with Crippen molar-refractivity contribution in [1.82, 2.24) is 0 Å². The van der Waals surface area contributed by atoms with Gasteiger partial charge in [-0.3, -0.25) is 0 Å². The van der Waals surface area contributed by atoms with Gasteiger partial charge >= 0.3 is 0 Å². The van der Waals surface area contributed by atoms with Gasteiger partial charge in [-0.2, -0.15) is 0 Å². The van der Waals surface area contributed by atoms with Gasteiger partial charge < -0.3 is 9.84 Å². The van der Waals surface area contributed by atoms with Crippen LogP contribution < -0.4 is 4.74 Å². The molecule has 0 bridgehead atoms. The first-order valence-corrected chi connectivity index (χ1v) is 6.10. The average Bonchev–Trinajstić information content (AvgIpc) is 2.32. The third-order valence-corrected chi connectivity index (χ3v) is 3.50. The molecule has 16 heavy (non-hydrogen) atoms. The second-order valence-electron chi connectivity index (χ2n) is 4.67. The van der Waals surface area contributed by atoms with Gasteiger partial charge in [0.1, 0.15) is 5.75 Å². The van der Waals surface area contributed by atoms with Gasteiger partial charge in [-0.05, 0) is 42.9 Å². The Balaban J connectivity index is 2.01. The zero-order valence-electron chi connectivity index (χ0n) is 9.86. The van der Waals surface area contributed by atoms with Crippen molar-refractivity contribution in [3.05, 3.63) is 29.8 Å². The normalized spacial score (nSPS) is 25.4. The number of hydrogen-bond donors (Lipinski definition) is 1. The molecular weight excluding hydrogens is 200 g/mol. The number of aliphatic hydroxyl groups excluding tert-OH is 1. The van der Waals surface area contributed by atoms with Crippen LogP contribution in [0.5, 0.6) is 5.75 Å². The Morgan fingerprint density at radius 1 is 1.31 bits per heavy atom. The minimum Gasteiger partial charge on any atom is -0.497 e. The van der Waals surface area contributed by atoms with Crippen LogP contribution in [0.25, 0.3) is 0 Å². The van der Waals surface area contributed by atoms with Crippen molar-refractivity contribution >= 4 is 0 Å². The quantitative estimate of drug-likeness (QED) is 0.848. The first-order chi connectivity index (χ1) is 7.79. The van der Waals surface area contributed by atoms with E-state index in [4.69, 9.17) is 4.74 Å². The van der Waals surface area contributed by atoms with E-state index in [-0.39, 0.29) is 6.10 Å². The first kappa shape index (κ1) is 11.5. The highest BCUT2D eigenvalue weighted by molar-refractivity contribution is 5.28. The molecule has 88 valence electrons. The van der Waals surface area contributed by atoms with E-state index in [0.717, 1.165) is 25.0 Å². The molecule has 0 aromatic heterocycles. The summed E-state index contributed by atoms with van der Waals surface area (Å²) in [7, 11) is 1.69. The largest absolute Gasteiger partial charge is 0.497 e. The monoisotopic (exact) mass is 220 g/mol. The Morgan fingerprint density at radius 3 is 2.88 bits per heavy atom. The molecule has 1 aliphatic carbocycles. The molecular formula is C14H20O2. The number of benzene rings is 1. The Kier molecular flexibility index (Phi) is 3.83. The molecule has 2 rings (SSSR count). The maximum Gasteiger partial charge on any atom is 0.119 e. The van der Waals surface area contributed by atoms with Crippen molar-refractivity contribution in [3.63, 3.8) is 0 Å². The topological polar surface area (TPSA) is 29.5 Å². The van der Waals surface area contributed by atoms with Crippen LogP contribution in [-0.2, 0) is 6.42 Å². The van der Waals surface area contributed by atoms with E-state index in [9.17, 15) is 5.11 Å². The molecule has 2 unspecified atom stereocenters. The van der Waals surface area contributed by atoms with Gasteiger partial charge in [0.15, 0.2) is 0 Å². The third-order valence-electron chi connectivity index (χ3n) is 3.50. The van der Waals surface area contributed by atoms with E-state index in [0.29, 0.717) is 5.92 Å². The van der Waals surface area contributed by atoms with Crippen molar-refractivity contribution in [1.29, 1.82) is 0 Å². The SMILES string of the molecule is COc1cccc(CC2CCCCC2O)c1. The molecule has 1 aliphatic rings. The molecule has 2 heteroatoms. The van der Waals surface area contributed by atoms with E-state index in [1.165, 1.54) is 18.4 Å². The van der Waals surface area contributed by atoms with Crippen LogP contribution in [-0.4, -0.2) is 18.3 Å². The number of hydrogen-bond acceptors (Lipinski definition) is 2. The molecule has 0 saturated heterocycles. The fraction of sp³-hybridized carbons (Fsp3) is 0.571. The van der Waals surface area contributed by atoms with Gasteiger partial charge in [-0.15, -0.1) is 0 Å². The number of methoxy groups -OCH3 is 1. The zero-order valence-corrected chi connectivity index (χ0v) is 9.86. The molecule has 1 aromatic carbocycles. The Hall–Kier alpha value is -1.02. The van der Waals surface area contributed by atoms with Gasteiger partial charge in [0.2, 0.25) is 0 Å². The number of rotatable bonds is 3. The highest BCUT2D eigenvalue weighted by Crippen LogP contribution is 2.28. The smallest absolute Gasteiger partial charge is 0.119 e. The summed E-state index contributed by atoms with van der Waals surface area (Å²) in [6, 6.07) is 8.16. The molecule has 1 aromatic rings. The van der Waals surface area contributed by atoms with E-state index in [1.54, 1.807) is 7.11 Å². The van der Waals surface area contributed by atoms with Crippen molar-refractivity contribution in [2.45, 2.75) is 38.2 Å². The summed E-state index contributed by atoms with van der Waals surface area (Å²) in [5, 5.41) is 9.93. The predicted molar refractivity (Wildman–Crippen MR) is 64.7 cm³/mol. The van der Waals surface area contributed by atoms with Gasteiger partial charge in [-0.25, -0.2) is 0 Å². The fourth-order valence-electron chi connectivity index (χ4n) is 2.53. The Morgan fingerprint density at radius 2 is 2.12 bits per heavy atom. The van der Waals surface area contributed by atoms with E-state index in [2.05, 4.69) is 12.1 Å². The summed E-state index contributed by atoms with van der Waals surface area (Å²) < 4.78 is 5.21. The molecule has 0 radical (unpaired) electrons. The average molecular weight is 220 g/mol. The van der Waals surface area contributed by atoms with Crippen LogP contribution in [0, 0.1) is 5.92 Å². The van der Waals surface area contributed by atoms with Crippen molar-refractivity contribution < 1.29 is 9.84 Å². The maximum atomic E-state index is 9.93. The lowest BCUT2D eigenvalue weighted by atomic mass is 9.82. The van der Waals surface area contributed by atoms with Gasteiger partial charge in [0, 0.05) is 0 Å². The Labute approximate surface area is 97.3 Å². The minimum absolute atomic E-state index is 0.111. The number of aliphatic hydroxyl groups is 1. The predicted octanol–water partition coefficient (Wildman–Crippen LogP) is 2.79. The van der Waals surface area contributed by atoms with E-state index < -0.39 is 0 Å². The number of ether oxygens (including phenoxy) is 1. The standard InChI is InChI=1S/C14H20O2/c1-16-13-7-4-5-11(10-13)9-12-6-2-3-8-14(12)15/h4-5,7,10,12,14-15H,2-3,6,8-9H2,1H3. The van der Waals surface area contributed by atoms with Gasteiger partial charge in [0.05, 0.1) is 13.2 Å². The van der Waals surface area contributed by atoms with Crippen LogP contribution in [0.15, 0.2) is 24.3 Å². The summed E-state index contributed by atoms with van der Waals surface area (Å²) >= 11 is 0. The summed E-state index contributed by atoms with van der Waals surface area (Å²) in [5.41, 5.74) is 1.27. The van der Waals surface area contributed by atoms with Gasteiger partial charge in [0.25, 0.3) is 0 Å². The van der Waals surface area contributed by atoms with Crippen LogP contribution in [0.3, 0.4) is 0 Å². The van der Waals surface area contributed by atoms with Crippen LogP contribution >= 0.6 is 0 Å². The molecule has 2 nitrogen and oxygen atoms in total. The minimum atomic E-state index is -0.111. The van der Waals surface area contributed by atoms with Crippen molar-refractivity contribution in [2.75, 3.05) is 7.11 Å². The van der Waals surface area contributed by atoms with Gasteiger partial charge in [-0.1, -0.05) is 25.0 Å². The summed E-state index contributed by atoms with van der Waals surface area (Å²) in [6.45, 7) is 0. The summed E-state index contributed by atoms with van der Waals surface area (Å²) in [6.07, 6.45) is 5.41. The van der Waals surface area contributed by atoms with Crippen molar-refractivity contribution in [3.8, 4) is 5.75 Å². The van der Waals surface area contributed by atoms with Crippen molar-refractivity contribution in [2.24, 2.45) is 5.92 Å². The second kappa shape index (κ2) is 5.35. The lowest BCUT2D eigenvalue weighted by Gasteiger charge is -2.27. The maximum absolute atomic E-state index is 9.93. The molecule has 0 heterocycles. The molecule has 1 fully saturated rings. The van der Waals surface area contributed by atoms with E-state index >= 15 is 0 Å². The summed E-state index contributed by atoms with van der Waals surface area (Å²) in [4.78, 5) is 0. The third kappa shape index (κ3) is 2.76. The molecule has 1 N–H and O–H groups in total. The van der Waals surface area contributed by atoms with Crippen LogP contribution in [0.2, 0.25) is 0 Å². The lowest BCUT2D eigenvalue weighted by molar-refractivity contribution is 0.0700. The van der Waals surface area contributed by atoms with E-state index in [1.807, 2.05) is 12.1 Å². The highest BCUT2D eigenvalue weighted by Gasteiger charge is 2.22. The molecule has 1 saturated carbocycles. The van der Waals surface area contributed by atoms with Crippen LogP contribution in [0.4, 0.5) is 0 Å². The molecule has 0 spiro atoms. The molecule has 2 atom stereocenters. The molecule has 0 amide bonds. The summed E-state index contributed by atoms with van der Waals surface area (Å²) in [5.74, 6) is 1.34. The van der Waals surface area contributed by atoms with Crippen LogP contribution in [0.1, 0.15) is 31.2 Å². The molecule has 0 aliphatic heterocycles. The lowest BCUT2D eigenvalue weighted by Crippen LogP contribution is -2.26. The highest BCUT2D eigenvalue weighted by atomic mass is 16.5. The first-order valence-electron chi connectivity index (χ1n) is 6.10. The second-order valence-corrected chi connectivity index (χ2v) is 4.67. The fourth-order valence-corrected chi connectivity index (χ4v) is 2.53. The zero-order chi connectivity index (χ0) is 11.4.